The minimum atomic E-state index is 0.155. The number of ether oxygens (including phenoxy) is 3. The van der Waals surface area contributed by atoms with Gasteiger partial charge < -0.3 is 14.2 Å². The second-order valence-electron chi connectivity index (χ2n) is 4.86. The first-order chi connectivity index (χ1) is 9.24. The quantitative estimate of drug-likeness (QED) is 0.777. The third kappa shape index (κ3) is 3.77. The highest BCUT2D eigenvalue weighted by molar-refractivity contribution is 6.20. The van der Waals surface area contributed by atoms with Crippen molar-refractivity contribution in [1.29, 1.82) is 0 Å². The van der Waals surface area contributed by atoms with Gasteiger partial charge in [-0.05, 0) is 42.9 Å². The summed E-state index contributed by atoms with van der Waals surface area (Å²) in [7, 11) is 3.29. The van der Waals surface area contributed by atoms with Crippen LogP contribution >= 0.6 is 11.6 Å². The molecule has 0 radical (unpaired) electrons. The minimum absolute atomic E-state index is 0.155. The van der Waals surface area contributed by atoms with Crippen LogP contribution in [-0.2, 0) is 11.2 Å². The van der Waals surface area contributed by atoms with E-state index >= 15 is 0 Å². The molecule has 4 heteroatoms. The molecule has 0 aromatic heterocycles. The second-order valence-corrected chi connectivity index (χ2v) is 5.42. The molecule has 1 aliphatic heterocycles. The molecule has 1 atom stereocenters. The molecule has 0 amide bonds. The predicted molar refractivity (Wildman–Crippen MR) is 76.4 cm³/mol. The lowest BCUT2D eigenvalue weighted by molar-refractivity contribution is 0.0651. The van der Waals surface area contributed by atoms with Gasteiger partial charge in [0.25, 0.3) is 0 Å². The van der Waals surface area contributed by atoms with E-state index in [9.17, 15) is 0 Å². The fourth-order valence-corrected chi connectivity index (χ4v) is 2.91. The summed E-state index contributed by atoms with van der Waals surface area (Å²) in [5, 5.41) is 0.155. The average molecular weight is 285 g/mol. The summed E-state index contributed by atoms with van der Waals surface area (Å²) in [6.07, 6.45) is 2.97. The van der Waals surface area contributed by atoms with Gasteiger partial charge in [0.05, 0.1) is 14.2 Å². The Labute approximate surface area is 119 Å². The second kappa shape index (κ2) is 7.01. The van der Waals surface area contributed by atoms with Crippen LogP contribution in [0, 0.1) is 5.92 Å². The molecule has 1 aromatic carbocycles. The lowest BCUT2D eigenvalue weighted by atomic mass is 9.92. The van der Waals surface area contributed by atoms with Crippen molar-refractivity contribution in [1.82, 2.24) is 0 Å². The molecule has 0 bridgehead atoms. The molecular weight excluding hydrogens is 264 g/mol. The molecule has 0 saturated carbocycles. The predicted octanol–water partition coefficient (Wildman–Crippen LogP) is 3.28. The van der Waals surface area contributed by atoms with Crippen molar-refractivity contribution < 1.29 is 14.2 Å². The zero-order valence-electron chi connectivity index (χ0n) is 11.5. The number of hydrogen-bond donors (Lipinski definition) is 0. The van der Waals surface area contributed by atoms with Crippen molar-refractivity contribution in [2.24, 2.45) is 5.92 Å². The maximum Gasteiger partial charge on any atom is 0.160 e. The van der Waals surface area contributed by atoms with E-state index in [0.717, 1.165) is 44.0 Å². The summed E-state index contributed by atoms with van der Waals surface area (Å²) >= 11 is 6.54. The maximum absolute atomic E-state index is 6.54. The van der Waals surface area contributed by atoms with Crippen molar-refractivity contribution in [3.05, 3.63) is 23.8 Å². The molecule has 1 unspecified atom stereocenters. The lowest BCUT2D eigenvalue weighted by Gasteiger charge is -2.26. The Morgan fingerprint density at radius 1 is 1.21 bits per heavy atom. The Hall–Kier alpha value is -0.930. The van der Waals surface area contributed by atoms with Crippen LogP contribution in [0.25, 0.3) is 0 Å². The number of halogens is 1. The van der Waals surface area contributed by atoms with Crippen LogP contribution in [0.2, 0.25) is 0 Å². The number of methoxy groups -OCH3 is 2. The van der Waals surface area contributed by atoms with Crippen molar-refractivity contribution >= 4 is 11.6 Å². The van der Waals surface area contributed by atoms with Crippen LogP contribution < -0.4 is 9.47 Å². The van der Waals surface area contributed by atoms with Crippen molar-refractivity contribution in [2.75, 3.05) is 27.4 Å². The summed E-state index contributed by atoms with van der Waals surface area (Å²) in [6, 6.07) is 5.99. The molecule has 0 N–H and O–H groups in total. The molecule has 0 spiro atoms. The fraction of sp³-hybridized carbons (Fsp3) is 0.600. The number of alkyl halides is 1. The standard InChI is InChI=1S/C15H21ClO3/c1-17-14-4-3-11(10-15(14)18-2)9-13(16)12-5-7-19-8-6-12/h3-4,10,12-13H,5-9H2,1-2H3. The van der Waals surface area contributed by atoms with Gasteiger partial charge in [-0.1, -0.05) is 6.07 Å². The van der Waals surface area contributed by atoms with Gasteiger partial charge in [-0.2, -0.15) is 0 Å². The smallest absolute Gasteiger partial charge is 0.160 e. The SMILES string of the molecule is COc1ccc(CC(Cl)C2CCOCC2)cc1OC. The molecule has 19 heavy (non-hydrogen) atoms. The third-order valence-corrected chi connectivity index (χ3v) is 4.17. The van der Waals surface area contributed by atoms with Crippen LogP contribution in [-0.4, -0.2) is 32.8 Å². The van der Waals surface area contributed by atoms with Crippen LogP contribution in [0.5, 0.6) is 11.5 Å². The molecule has 1 aromatic rings. The molecular formula is C15H21ClO3. The fourth-order valence-electron chi connectivity index (χ4n) is 2.48. The molecule has 3 nitrogen and oxygen atoms in total. The number of benzene rings is 1. The van der Waals surface area contributed by atoms with Crippen LogP contribution in [0.1, 0.15) is 18.4 Å². The highest BCUT2D eigenvalue weighted by Gasteiger charge is 2.22. The van der Waals surface area contributed by atoms with Gasteiger partial charge in [0.15, 0.2) is 11.5 Å². The van der Waals surface area contributed by atoms with E-state index in [4.69, 9.17) is 25.8 Å². The van der Waals surface area contributed by atoms with E-state index in [0.29, 0.717) is 5.92 Å². The Morgan fingerprint density at radius 3 is 2.53 bits per heavy atom. The van der Waals surface area contributed by atoms with Gasteiger partial charge in [-0.3, -0.25) is 0 Å². The van der Waals surface area contributed by atoms with Crippen LogP contribution in [0.3, 0.4) is 0 Å². The van der Waals surface area contributed by atoms with Gasteiger partial charge in [-0.15, -0.1) is 11.6 Å². The zero-order chi connectivity index (χ0) is 13.7. The summed E-state index contributed by atoms with van der Waals surface area (Å²) in [6.45, 7) is 1.67. The van der Waals surface area contributed by atoms with Gasteiger partial charge in [0.1, 0.15) is 0 Å². The van der Waals surface area contributed by atoms with Gasteiger partial charge in [0, 0.05) is 18.6 Å². The Kier molecular flexibility index (Phi) is 5.34. The number of hydrogen-bond acceptors (Lipinski definition) is 3. The van der Waals surface area contributed by atoms with E-state index in [1.807, 2.05) is 12.1 Å². The first-order valence-electron chi connectivity index (χ1n) is 6.67. The zero-order valence-corrected chi connectivity index (χ0v) is 12.3. The largest absolute Gasteiger partial charge is 0.493 e. The molecule has 1 aliphatic rings. The highest BCUT2D eigenvalue weighted by atomic mass is 35.5. The van der Waals surface area contributed by atoms with Gasteiger partial charge in [-0.25, -0.2) is 0 Å². The first-order valence-corrected chi connectivity index (χ1v) is 7.11. The summed E-state index contributed by atoms with van der Waals surface area (Å²) in [5.41, 5.74) is 1.18. The summed E-state index contributed by atoms with van der Waals surface area (Å²) in [4.78, 5) is 0. The Balaban J connectivity index is 2.01. The molecule has 1 fully saturated rings. The van der Waals surface area contributed by atoms with Crippen molar-refractivity contribution in [2.45, 2.75) is 24.6 Å². The van der Waals surface area contributed by atoms with Crippen LogP contribution in [0.4, 0.5) is 0 Å². The van der Waals surface area contributed by atoms with Gasteiger partial charge >= 0.3 is 0 Å². The third-order valence-electron chi connectivity index (χ3n) is 3.66. The van der Waals surface area contributed by atoms with Crippen LogP contribution in [0.15, 0.2) is 18.2 Å². The Morgan fingerprint density at radius 2 is 1.89 bits per heavy atom. The average Bonchev–Trinajstić information content (AvgIpc) is 2.48. The van der Waals surface area contributed by atoms with Crippen molar-refractivity contribution in [3.8, 4) is 11.5 Å². The van der Waals surface area contributed by atoms with E-state index in [1.54, 1.807) is 14.2 Å². The van der Waals surface area contributed by atoms with E-state index in [-0.39, 0.29) is 5.38 Å². The molecule has 106 valence electrons. The monoisotopic (exact) mass is 284 g/mol. The summed E-state index contributed by atoms with van der Waals surface area (Å²) in [5.74, 6) is 2.06. The van der Waals surface area contributed by atoms with E-state index in [2.05, 4.69) is 6.07 Å². The molecule has 0 aliphatic carbocycles. The van der Waals surface area contributed by atoms with Crippen molar-refractivity contribution in [3.63, 3.8) is 0 Å². The summed E-state index contributed by atoms with van der Waals surface area (Å²) < 4.78 is 15.9. The maximum atomic E-state index is 6.54. The normalized spacial score (nSPS) is 18.1. The minimum Gasteiger partial charge on any atom is -0.493 e. The number of rotatable bonds is 5. The molecule has 1 heterocycles. The topological polar surface area (TPSA) is 27.7 Å². The molecule has 2 rings (SSSR count). The Bertz CT molecular complexity index is 402. The lowest BCUT2D eigenvalue weighted by Crippen LogP contribution is -2.25. The highest BCUT2D eigenvalue weighted by Crippen LogP contribution is 2.30. The van der Waals surface area contributed by atoms with E-state index in [1.165, 1.54) is 5.56 Å². The van der Waals surface area contributed by atoms with Gasteiger partial charge in [0.2, 0.25) is 0 Å². The van der Waals surface area contributed by atoms with E-state index < -0.39 is 0 Å². The first kappa shape index (κ1) is 14.5. The molecule has 1 saturated heterocycles.